The fourth-order valence-electron chi connectivity index (χ4n) is 2.27. The van der Waals surface area contributed by atoms with Crippen LogP contribution in [0.5, 0.6) is 0 Å². The largest absolute Gasteiger partial charge is 0.292 e. The Morgan fingerprint density at radius 3 is 2.71 bits per heavy atom. The number of amides is 1. The Morgan fingerprint density at radius 1 is 1.19 bits per heavy atom. The fourth-order valence-corrected chi connectivity index (χ4v) is 3.63. The van der Waals surface area contributed by atoms with Gasteiger partial charge >= 0.3 is 0 Å². The summed E-state index contributed by atoms with van der Waals surface area (Å²) < 4.78 is 27.0. The number of nitrogens with zero attached hydrogens (tertiary/aromatic N) is 1. The van der Waals surface area contributed by atoms with Crippen LogP contribution in [0.15, 0.2) is 42.5 Å². The van der Waals surface area contributed by atoms with Gasteiger partial charge in [-0.15, -0.1) is 11.8 Å². The van der Waals surface area contributed by atoms with E-state index < -0.39 is 11.6 Å². The van der Waals surface area contributed by atoms with E-state index in [1.165, 1.54) is 22.7 Å². The van der Waals surface area contributed by atoms with Crippen LogP contribution in [0.3, 0.4) is 0 Å². The minimum absolute atomic E-state index is 0.0800. The van der Waals surface area contributed by atoms with Crippen molar-refractivity contribution in [1.82, 2.24) is 0 Å². The van der Waals surface area contributed by atoms with Crippen LogP contribution in [0.4, 0.5) is 14.5 Å². The van der Waals surface area contributed by atoms with E-state index in [0.717, 1.165) is 17.7 Å². The molecule has 3 rings (SSSR count). The number of anilines is 1. The summed E-state index contributed by atoms with van der Waals surface area (Å²) in [5, 5.41) is 0.183. The number of benzene rings is 2. The fraction of sp³-hybridized carbons (Fsp3) is 0.133. The van der Waals surface area contributed by atoms with Crippen LogP contribution < -0.4 is 4.90 Å². The first kappa shape index (κ1) is 14.4. The number of rotatable bonds is 2. The van der Waals surface area contributed by atoms with Crippen molar-refractivity contribution in [3.63, 3.8) is 0 Å². The molecule has 0 saturated carbocycles. The predicted molar refractivity (Wildman–Crippen MR) is 80.5 cm³/mol. The van der Waals surface area contributed by atoms with Crippen LogP contribution in [-0.2, 0) is 4.79 Å². The molecule has 0 aromatic heterocycles. The molecule has 2 nitrogen and oxygen atoms in total. The number of carbonyl (C=O) groups excluding carboxylic acids is 1. The van der Waals surface area contributed by atoms with Gasteiger partial charge in [-0.25, -0.2) is 8.78 Å². The lowest BCUT2D eigenvalue weighted by molar-refractivity contribution is -0.115. The van der Waals surface area contributed by atoms with Crippen LogP contribution in [0, 0.1) is 11.6 Å². The third-order valence-electron chi connectivity index (χ3n) is 3.17. The smallest absolute Gasteiger partial charge is 0.238 e. The van der Waals surface area contributed by atoms with Gasteiger partial charge in [-0.3, -0.25) is 9.69 Å². The Labute approximate surface area is 129 Å². The second kappa shape index (κ2) is 5.66. The monoisotopic (exact) mass is 325 g/mol. The molecule has 6 heteroatoms. The normalized spacial score (nSPS) is 18.3. The molecular weight excluding hydrogens is 316 g/mol. The zero-order valence-corrected chi connectivity index (χ0v) is 12.3. The van der Waals surface area contributed by atoms with Gasteiger partial charge in [0.25, 0.3) is 0 Å². The van der Waals surface area contributed by atoms with Gasteiger partial charge < -0.3 is 0 Å². The maximum absolute atomic E-state index is 14.0. The second-order valence-electron chi connectivity index (χ2n) is 4.58. The number of halogens is 3. The van der Waals surface area contributed by atoms with E-state index in [4.69, 9.17) is 11.6 Å². The van der Waals surface area contributed by atoms with E-state index in [0.29, 0.717) is 5.02 Å². The molecule has 1 aliphatic heterocycles. The first-order chi connectivity index (χ1) is 10.1. The van der Waals surface area contributed by atoms with Crippen molar-refractivity contribution in [1.29, 1.82) is 0 Å². The van der Waals surface area contributed by atoms with Crippen LogP contribution in [-0.4, -0.2) is 11.7 Å². The van der Waals surface area contributed by atoms with Gasteiger partial charge in [0, 0.05) is 11.1 Å². The summed E-state index contributed by atoms with van der Waals surface area (Å²) >= 11 is 7.35. The van der Waals surface area contributed by atoms with Crippen molar-refractivity contribution >= 4 is 35.0 Å². The highest BCUT2D eigenvalue weighted by Crippen LogP contribution is 2.43. The summed E-state index contributed by atoms with van der Waals surface area (Å²) in [6, 6.07) is 10.3. The third-order valence-corrected chi connectivity index (χ3v) is 4.62. The van der Waals surface area contributed by atoms with Crippen LogP contribution >= 0.6 is 23.4 Å². The summed E-state index contributed by atoms with van der Waals surface area (Å²) in [5.41, 5.74) is 0.887. The molecule has 0 aliphatic carbocycles. The second-order valence-corrected chi connectivity index (χ2v) is 6.08. The Bertz CT molecular complexity index is 710. The number of thioether (sulfide) groups is 1. The Hall–Kier alpha value is -1.59. The first-order valence-corrected chi connectivity index (χ1v) is 7.63. The van der Waals surface area contributed by atoms with Gasteiger partial charge in [0.15, 0.2) is 0 Å². The van der Waals surface area contributed by atoms with Crippen molar-refractivity contribution in [2.24, 2.45) is 0 Å². The zero-order valence-electron chi connectivity index (χ0n) is 10.7. The van der Waals surface area contributed by atoms with E-state index in [1.54, 1.807) is 18.2 Å². The highest BCUT2D eigenvalue weighted by atomic mass is 35.5. The van der Waals surface area contributed by atoms with Crippen molar-refractivity contribution in [2.45, 2.75) is 5.37 Å². The minimum atomic E-state index is -0.752. The van der Waals surface area contributed by atoms with Crippen molar-refractivity contribution in [2.75, 3.05) is 10.7 Å². The molecule has 0 N–H and O–H groups in total. The molecule has 1 fully saturated rings. The quantitative estimate of drug-likeness (QED) is 0.816. The van der Waals surface area contributed by atoms with E-state index in [1.807, 2.05) is 6.07 Å². The third kappa shape index (κ3) is 2.76. The molecule has 1 aliphatic rings. The maximum Gasteiger partial charge on any atom is 0.238 e. The molecule has 0 bridgehead atoms. The number of hydrogen-bond acceptors (Lipinski definition) is 2. The SMILES string of the molecule is O=C1CSC(c2cccc(Cl)c2)N1c1ccc(F)cc1F. The maximum atomic E-state index is 14.0. The van der Waals surface area contributed by atoms with Gasteiger partial charge in [0.1, 0.15) is 17.0 Å². The molecule has 1 unspecified atom stereocenters. The molecule has 1 amide bonds. The Balaban J connectivity index is 2.04. The summed E-state index contributed by atoms with van der Waals surface area (Å²) in [7, 11) is 0. The molecule has 2 aromatic carbocycles. The van der Waals surface area contributed by atoms with Crippen molar-refractivity contribution < 1.29 is 13.6 Å². The van der Waals surface area contributed by atoms with E-state index in [-0.39, 0.29) is 22.7 Å². The van der Waals surface area contributed by atoms with Crippen molar-refractivity contribution in [3.05, 3.63) is 64.7 Å². The molecule has 108 valence electrons. The van der Waals surface area contributed by atoms with E-state index in [2.05, 4.69) is 0 Å². The lowest BCUT2D eigenvalue weighted by Gasteiger charge is -2.24. The van der Waals surface area contributed by atoms with E-state index in [9.17, 15) is 13.6 Å². The average molecular weight is 326 g/mol. The van der Waals surface area contributed by atoms with Crippen LogP contribution in [0.25, 0.3) is 0 Å². The first-order valence-electron chi connectivity index (χ1n) is 6.20. The van der Waals surface area contributed by atoms with Gasteiger partial charge in [-0.1, -0.05) is 23.7 Å². The predicted octanol–water partition coefficient (Wildman–Crippen LogP) is 4.40. The molecule has 21 heavy (non-hydrogen) atoms. The lowest BCUT2D eigenvalue weighted by Crippen LogP contribution is -2.28. The molecule has 2 aromatic rings. The zero-order chi connectivity index (χ0) is 15.0. The van der Waals surface area contributed by atoms with Gasteiger partial charge in [-0.2, -0.15) is 0 Å². The molecule has 1 saturated heterocycles. The number of hydrogen-bond donors (Lipinski definition) is 0. The summed E-state index contributed by atoms with van der Waals surface area (Å²) in [4.78, 5) is 13.4. The lowest BCUT2D eigenvalue weighted by atomic mass is 10.2. The minimum Gasteiger partial charge on any atom is -0.292 e. The summed E-state index contributed by atoms with van der Waals surface area (Å²) in [6.45, 7) is 0. The molecule has 0 spiro atoms. The highest BCUT2D eigenvalue weighted by Gasteiger charge is 2.35. The Kier molecular flexibility index (Phi) is 3.87. The topological polar surface area (TPSA) is 20.3 Å². The Morgan fingerprint density at radius 2 is 2.00 bits per heavy atom. The molecular formula is C15H10ClF2NOS. The summed E-state index contributed by atoms with van der Waals surface area (Å²) in [5.74, 6) is -1.39. The van der Waals surface area contributed by atoms with Crippen LogP contribution in [0.2, 0.25) is 5.02 Å². The number of carbonyl (C=O) groups is 1. The standard InChI is InChI=1S/C15H10ClF2NOS/c16-10-3-1-2-9(6-10)15-19(14(20)8-21-15)13-5-4-11(17)7-12(13)18/h1-7,15H,8H2. The van der Waals surface area contributed by atoms with Gasteiger partial charge in [0.2, 0.25) is 5.91 Å². The van der Waals surface area contributed by atoms with Crippen molar-refractivity contribution in [3.8, 4) is 0 Å². The van der Waals surface area contributed by atoms with E-state index >= 15 is 0 Å². The molecule has 1 atom stereocenters. The van der Waals surface area contributed by atoms with Gasteiger partial charge in [0.05, 0.1) is 11.4 Å². The summed E-state index contributed by atoms with van der Waals surface area (Å²) in [6.07, 6.45) is 0. The highest BCUT2D eigenvalue weighted by molar-refractivity contribution is 8.00. The average Bonchev–Trinajstić information content (AvgIpc) is 2.81. The molecule has 0 radical (unpaired) electrons. The van der Waals surface area contributed by atoms with Crippen LogP contribution in [0.1, 0.15) is 10.9 Å². The molecule has 1 heterocycles. The van der Waals surface area contributed by atoms with Gasteiger partial charge in [-0.05, 0) is 29.8 Å².